The quantitative estimate of drug-likeness (QED) is 0.366. The molecule has 1 spiro atoms. The number of likely N-dealkylation sites (N-methyl/N-ethyl adjacent to an activating group) is 1. The third-order valence-corrected chi connectivity index (χ3v) is 7.54. The van der Waals surface area contributed by atoms with Crippen LogP contribution in [0.1, 0.15) is 22.6 Å². The Morgan fingerprint density at radius 2 is 1.89 bits per heavy atom. The maximum atomic E-state index is 13.3. The highest BCUT2D eigenvalue weighted by atomic mass is 79.9. The molecule has 0 aromatic heterocycles. The molecule has 1 fully saturated rings. The number of methoxy groups -OCH3 is 1. The summed E-state index contributed by atoms with van der Waals surface area (Å²) in [6.45, 7) is 0.673. The van der Waals surface area contributed by atoms with Gasteiger partial charge >= 0.3 is 0 Å². The van der Waals surface area contributed by atoms with Crippen LogP contribution in [0.15, 0.2) is 71.2 Å². The zero-order chi connectivity index (χ0) is 24.7. The van der Waals surface area contributed by atoms with E-state index in [2.05, 4.69) is 21.2 Å². The smallest absolute Gasteiger partial charge is 0.256 e. The van der Waals surface area contributed by atoms with Crippen LogP contribution in [0, 0.1) is 10.1 Å². The van der Waals surface area contributed by atoms with Crippen LogP contribution in [0.25, 0.3) is 0 Å². The fourth-order valence-corrected chi connectivity index (χ4v) is 5.98. The maximum Gasteiger partial charge on any atom is 0.256 e. The first kappa shape index (κ1) is 23.3. The second-order valence-electron chi connectivity index (χ2n) is 8.79. The van der Waals surface area contributed by atoms with Crippen molar-refractivity contribution < 1.29 is 19.2 Å². The van der Waals surface area contributed by atoms with E-state index in [9.17, 15) is 14.9 Å². The van der Waals surface area contributed by atoms with Gasteiger partial charge in [-0.25, -0.2) is 0 Å². The van der Waals surface area contributed by atoms with Crippen molar-refractivity contribution in [1.82, 2.24) is 4.90 Å². The first-order chi connectivity index (χ1) is 16.9. The van der Waals surface area contributed by atoms with Gasteiger partial charge in [0.15, 0.2) is 17.0 Å². The molecule has 9 heteroatoms. The molecule has 0 bridgehead atoms. The van der Waals surface area contributed by atoms with E-state index in [-0.39, 0.29) is 10.8 Å². The molecular formula is C26H24BrN3O5. The highest BCUT2D eigenvalue weighted by Crippen LogP contribution is 2.53. The Labute approximate surface area is 211 Å². The lowest BCUT2D eigenvalue weighted by Crippen LogP contribution is -2.54. The van der Waals surface area contributed by atoms with Crippen LogP contribution in [0.4, 0.5) is 5.69 Å². The van der Waals surface area contributed by atoms with Crippen LogP contribution in [0.5, 0.6) is 11.5 Å². The average Bonchev–Trinajstić information content (AvgIpc) is 3.33. The van der Waals surface area contributed by atoms with Crippen LogP contribution >= 0.6 is 15.9 Å². The van der Waals surface area contributed by atoms with Crippen molar-refractivity contribution >= 4 is 27.5 Å². The van der Waals surface area contributed by atoms with Gasteiger partial charge < -0.3 is 14.8 Å². The van der Waals surface area contributed by atoms with Crippen LogP contribution in [-0.2, 0) is 16.9 Å². The fraction of sp³-hybridized carbons (Fsp3) is 0.269. The number of para-hydroxylation sites is 1. The SMILES string of the molecule is COc1cc([C@@H]2CN(C)[C@]3(C(=O)Nc4ccccc43)[C@H]2[N+](=O)[O-])cc(Br)c1OCc1ccccc1. The number of halogens is 1. The number of fused-ring (bicyclic) bond motifs is 2. The molecular weight excluding hydrogens is 514 g/mol. The molecule has 1 amide bonds. The van der Waals surface area contributed by atoms with Crippen LogP contribution in [0.3, 0.4) is 0 Å². The van der Waals surface area contributed by atoms with Crippen molar-refractivity contribution in [1.29, 1.82) is 0 Å². The minimum absolute atomic E-state index is 0.323. The molecule has 1 N–H and O–H groups in total. The van der Waals surface area contributed by atoms with E-state index in [1.165, 1.54) is 7.11 Å². The van der Waals surface area contributed by atoms with Crippen molar-refractivity contribution in [3.63, 3.8) is 0 Å². The lowest BCUT2D eigenvalue weighted by atomic mass is 9.79. The number of ether oxygens (including phenoxy) is 2. The van der Waals surface area contributed by atoms with E-state index in [1.807, 2.05) is 42.5 Å². The third kappa shape index (κ3) is 3.66. The first-order valence-corrected chi connectivity index (χ1v) is 12.0. The van der Waals surface area contributed by atoms with Crippen LogP contribution < -0.4 is 14.8 Å². The number of anilines is 1. The molecule has 35 heavy (non-hydrogen) atoms. The first-order valence-electron chi connectivity index (χ1n) is 11.2. The van der Waals surface area contributed by atoms with Gasteiger partial charge in [-0.1, -0.05) is 48.5 Å². The summed E-state index contributed by atoms with van der Waals surface area (Å²) in [4.78, 5) is 27.3. The maximum absolute atomic E-state index is 13.3. The summed E-state index contributed by atoms with van der Waals surface area (Å²) in [5, 5.41) is 15.4. The second-order valence-corrected chi connectivity index (χ2v) is 9.65. The lowest BCUT2D eigenvalue weighted by molar-refractivity contribution is -0.534. The van der Waals surface area contributed by atoms with Gasteiger partial charge in [0, 0.05) is 22.7 Å². The number of nitrogens with zero attached hydrogens (tertiary/aromatic N) is 2. The van der Waals surface area contributed by atoms with Gasteiger partial charge in [0.05, 0.1) is 17.5 Å². The van der Waals surface area contributed by atoms with Gasteiger partial charge in [-0.05, 0) is 52.3 Å². The Balaban J connectivity index is 1.54. The summed E-state index contributed by atoms with van der Waals surface area (Å²) in [6, 6.07) is 19.3. The van der Waals surface area contributed by atoms with Gasteiger partial charge in [0.25, 0.3) is 11.9 Å². The number of rotatable bonds is 6. The van der Waals surface area contributed by atoms with Crippen molar-refractivity contribution in [2.24, 2.45) is 0 Å². The van der Waals surface area contributed by atoms with Crippen LogP contribution in [0.2, 0.25) is 0 Å². The Hall–Kier alpha value is -3.43. The minimum atomic E-state index is -1.40. The number of carbonyl (C=O) groups excluding carboxylic acids is 1. The Morgan fingerprint density at radius 1 is 1.17 bits per heavy atom. The Bertz CT molecular complexity index is 1300. The normalized spacial score (nSPS) is 23.2. The molecule has 2 aliphatic rings. The van der Waals surface area contributed by atoms with Gasteiger partial charge in [0.2, 0.25) is 0 Å². The highest BCUT2D eigenvalue weighted by molar-refractivity contribution is 9.10. The number of likely N-dealkylation sites (tertiary alicyclic amines) is 1. The number of nitro groups is 1. The predicted molar refractivity (Wildman–Crippen MR) is 134 cm³/mol. The lowest BCUT2D eigenvalue weighted by Gasteiger charge is -2.30. The number of hydrogen-bond donors (Lipinski definition) is 1. The molecule has 0 unspecified atom stereocenters. The summed E-state index contributed by atoms with van der Waals surface area (Å²) in [6.07, 6.45) is 0. The van der Waals surface area contributed by atoms with Gasteiger partial charge in [-0.2, -0.15) is 0 Å². The molecule has 5 rings (SSSR count). The molecule has 3 atom stereocenters. The number of carbonyl (C=O) groups is 1. The predicted octanol–water partition coefficient (Wildman–Crippen LogP) is 4.56. The largest absolute Gasteiger partial charge is 0.493 e. The van der Waals surface area contributed by atoms with E-state index in [0.29, 0.717) is 45.9 Å². The Morgan fingerprint density at radius 3 is 2.60 bits per heavy atom. The van der Waals surface area contributed by atoms with Crippen molar-refractivity contribution in [3.05, 3.63) is 98.0 Å². The summed E-state index contributed by atoms with van der Waals surface area (Å²) in [5.74, 6) is 0.0505. The second kappa shape index (κ2) is 8.98. The minimum Gasteiger partial charge on any atom is -0.493 e. The zero-order valence-corrected chi connectivity index (χ0v) is 20.8. The standard InChI is InChI=1S/C26H24BrN3O5/c1-29-14-18(24(30(32)33)26(29)19-10-6-7-11-21(19)28-25(26)31)17-12-20(27)23(22(13-17)34-2)35-15-16-8-4-3-5-9-16/h3-13,18,24H,14-15H2,1-2H3,(H,28,31)/t18-,24-,26-/m0/s1. The van der Waals surface area contributed by atoms with Crippen molar-refractivity contribution in [3.8, 4) is 11.5 Å². The summed E-state index contributed by atoms with van der Waals surface area (Å²) < 4.78 is 12.3. The number of hydrogen-bond acceptors (Lipinski definition) is 6. The number of amides is 1. The molecule has 3 aromatic rings. The monoisotopic (exact) mass is 537 g/mol. The van der Waals surface area contributed by atoms with Crippen molar-refractivity contribution in [2.45, 2.75) is 24.1 Å². The van der Waals surface area contributed by atoms with E-state index < -0.39 is 17.5 Å². The van der Waals surface area contributed by atoms with E-state index in [4.69, 9.17) is 9.47 Å². The molecule has 180 valence electrons. The molecule has 3 aromatic carbocycles. The van der Waals surface area contributed by atoms with Crippen LogP contribution in [-0.4, -0.2) is 42.5 Å². The van der Waals surface area contributed by atoms with Gasteiger partial charge in [-0.3, -0.25) is 19.8 Å². The van der Waals surface area contributed by atoms with E-state index in [0.717, 1.165) is 5.56 Å². The summed E-state index contributed by atoms with van der Waals surface area (Å²) in [5.41, 5.74) is 1.55. The zero-order valence-electron chi connectivity index (χ0n) is 19.2. The highest BCUT2D eigenvalue weighted by Gasteiger charge is 2.68. The number of benzene rings is 3. The molecule has 2 aliphatic heterocycles. The molecule has 0 saturated carbocycles. The van der Waals surface area contributed by atoms with Crippen molar-refractivity contribution in [2.75, 3.05) is 26.0 Å². The van der Waals surface area contributed by atoms with E-state index in [1.54, 1.807) is 36.2 Å². The molecule has 2 heterocycles. The van der Waals surface area contributed by atoms with Gasteiger partial charge in [0.1, 0.15) is 6.61 Å². The summed E-state index contributed by atoms with van der Waals surface area (Å²) >= 11 is 3.58. The molecule has 0 radical (unpaired) electrons. The average molecular weight is 538 g/mol. The third-order valence-electron chi connectivity index (χ3n) is 6.95. The number of nitrogens with one attached hydrogen (secondary N) is 1. The topological polar surface area (TPSA) is 93.9 Å². The molecule has 8 nitrogen and oxygen atoms in total. The summed E-state index contributed by atoms with van der Waals surface area (Å²) in [7, 11) is 3.30. The van der Waals surface area contributed by atoms with E-state index >= 15 is 0 Å². The fourth-order valence-electron chi connectivity index (χ4n) is 5.40. The van der Waals surface area contributed by atoms with Gasteiger partial charge in [-0.15, -0.1) is 0 Å². The molecule has 1 saturated heterocycles. The Kier molecular flexibility index (Phi) is 5.98. The molecule has 0 aliphatic carbocycles.